The molecule has 0 bridgehead atoms. The van der Waals surface area contributed by atoms with Crippen molar-refractivity contribution in [1.29, 1.82) is 0 Å². The van der Waals surface area contributed by atoms with Crippen LogP contribution in [0.15, 0.2) is 41.3 Å². The van der Waals surface area contributed by atoms with Crippen molar-refractivity contribution in [2.24, 2.45) is 28.6 Å². The van der Waals surface area contributed by atoms with Gasteiger partial charge >= 0.3 is 11.9 Å². The number of carbonyl (C=O) groups excluding carboxylic acids is 4. The number of halogens is 1. The number of alkyl halides is 1. The highest BCUT2D eigenvalue weighted by Gasteiger charge is 2.77. The minimum absolute atomic E-state index is 0.136. The average molecular weight is 545 g/mol. The van der Waals surface area contributed by atoms with Crippen molar-refractivity contribution in [2.45, 2.75) is 70.8 Å². The van der Waals surface area contributed by atoms with Gasteiger partial charge in [-0.1, -0.05) is 31.6 Å². The molecule has 3 saturated carbocycles. The van der Waals surface area contributed by atoms with Gasteiger partial charge in [0.25, 0.3) is 0 Å². The first kappa shape index (κ1) is 26.9. The molecule has 4 aliphatic carbocycles. The minimum atomic E-state index is -2.08. The van der Waals surface area contributed by atoms with Crippen LogP contribution >= 0.6 is 11.3 Å². The summed E-state index contributed by atoms with van der Waals surface area (Å²) in [6.45, 7) is 5.94. The molecule has 3 fully saturated rings. The summed E-state index contributed by atoms with van der Waals surface area (Å²) in [4.78, 5) is 51.2. The van der Waals surface area contributed by atoms with Crippen molar-refractivity contribution in [3.63, 3.8) is 0 Å². The molecule has 1 aromatic rings. The Bertz CT molecular complexity index is 1250. The molecule has 0 aliphatic heterocycles. The first-order valence-corrected chi connectivity index (χ1v) is 13.9. The highest BCUT2D eigenvalue weighted by Crippen LogP contribution is 2.71. The molecule has 1 N–H and O–H groups in total. The number of hydrogen-bond donors (Lipinski definition) is 1. The molecular formula is C29H33FO7S. The highest BCUT2D eigenvalue weighted by molar-refractivity contribution is 7.11. The van der Waals surface area contributed by atoms with Crippen LogP contribution in [-0.4, -0.2) is 52.6 Å². The number of Topliss-reactive ketones (excluding diaryl/α,β-unsaturated/α-hetero) is 1. The topological polar surface area (TPSA) is 107 Å². The number of aliphatic hydroxyl groups is 1. The van der Waals surface area contributed by atoms with Gasteiger partial charge in [0, 0.05) is 29.6 Å². The fraction of sp³-hybridized carbons (Fsp3) is 0.586. The zero-order valence-corrected chi connectivity index (χ0v) is 22.8. The smallest absolute Gasteiger partial charge is 0.349 e. The lowest BCUT2D eigenvalue weighted by atomic mass is 9.44. The monoisotopic (exact) mass is 544 g/mol. The number of fused-ring (bicyclic) bond motifs is 5. The Kier molecular flexibility index (Phi) is 6.34. The second-order valence-corrected chi connectivity index (χ2v) is 12.7. The summed E-state index contributed by atoms with van der Waals surface area (Å²) in [5.74, 6) is -3.66. The standard InChI is InChI=1S/C29H33FO7S/c1-16-12-21-20-8-7-18-13-19(32)9-10-26(18,3)28(20,30)23(33)14-27(21,4)29(16,24(34)15-36-17(2)31)37-25(35)22-6-5-11-38-22/h5-6,9-11,13,16,20-21,23,33H,7-8,12,14-15H2,1-4H3/t16-,20?,21?,23?,26?,27?,28+,29+/m1/s1. The highest BCUT2D eigenvalue weighted by atomic mass is 32.1. The van der Waals surface area contributed by atoms with E-state index in [2.05, 4.69) is 0 Å². The molecule has 1 aromatic heterocycles. The second-order valence-electron chi connectivity index (χ2n) is 11.7. The Balaban J connectivity index is 1.61. The molecule has 8 atom stereocenters. The quantitative estimate of drug-likeness (QED) is 0.548. The van der Waals surface area contributed by atoms with Crippen molar-refractivity contribution in [1.82, 2.24) is 0 Å². The number of aliphatic hydroxyl groups excluding tert-OH is 1. The van der Waals surface area contributed by atoms with E-state index >= 15 is 4.39 Å². The van der Waals surface area contributed by atoms with Crippen molar-refractivity contribution < 1.29 is 38.1 Å². The number of ether oxygens (including phenoxy) is 2. The molecule has 9 heteroatoms. The van der Waals surface area contributed by atoms with E-state index in [9.17, 15) is 24.3 Å². The minimum Gasteiger partial charge on any atom is -0.458 e. The summed E-state index contributed by atoms with van der Waals surface area (Å²) < 4.78 is 28.7. The molecule has 1 heterocycles. The summed E-state index contributed by atoms with van der Waals surface area (Å²) >= 11 is 1.18. The van der Waals surface area contributed by atoms with Gasteiger partial charge in [0.15, 0.2) is 23.7 Å². The van der Waals surface area contributed by atoms with Gasteiger partial charge in [-0.15, -0.1) is 11.3 Å². The van der Waals surface area contributed by atoms with Crippen molar-refractivity contribution in [3.8, 4) is 0 Å². The third-order valence-corrected chi connectivity index (χ3v) is 10.8. The zero-order valence-electron chi connectivity index (χ0n) is 22.0. The van der Waals surface area contributed by atoms with Gasteiger partial charge < -0.3 is 14.6 Å². The van der Waals surface area contributed by atoms with E-state index < -0.39 is 70.3 Å². The summed E-state index contributed by atoms with van der Waals surface area (Å²) in [6, 6.07) is 3.31. The molecule has 0 radical (unpaired) electrons. The average Bonchev–Trinajstić information content (AvgIpc) is 3.46. The fourth-order valence-electron chi connectivity index (χ4n) is 8.26. The summed E-state index contributed by atoms with van der Waals surface area (Å²) in [5.41, 5.74) is -5.44. The molecule has 0 aromatic carbocycles. The summed E-state index contributed by atoms with van der Waals surface area (Å²) in [5, 5.41) is 13.4. The fourth-order valence-corrected chi connectivity index (χ4v) is 8.86. The summed E-state index contributed by atoms with van der Waals surface area (Å²) in [7, 11) is 0. The Morgan fingerprint density at radius 2 is 1.97 bits per heavy atom. The van der Waals surface area contributed by atoms with Crippen LogP contribution in [0.5, 0.6) is 0 Å². The normalized spacial score (nSPS) is 41.4. The lowest BCUT2D eigenvalue weighted by Gasteiger charge is -2.62. The van der Waals surface area contributed by atoms with E-state index in [1.54, 1.807) is 44.4 Å². The van der Waals surface area contributed by atoms with Gasteiger partial charge in [-0.3, -0.25) is 14.4 Å². The summed E-state index contributed by atoms with van der Waals surface area (Å²) in [6.07, 6.45) is 4.05. The van der Waals surface area contributed by atoms with Crippen LogP contribution in [0.2, 0.25) is 0 Å². The van der Waals surface area contributed by atoms with E-state index in [4.69, 9.17) is 9.47 Å². The third-order valence-electron chi connectivity index (χ3n) is 9.98. The largest absolute Gasteiger partial charge is 0.458 e. The molecule has 4 aliphatic rings. The first-order chi connectivity index (χ1) is 17.8. The Morgan fingerprint density at radius 1 is 1.24 bits per heavy atom. The van der Waals surface area contributed by atoms with E-state index in [0.29, 0.717) is 29.7 Å². The molecule has 0 saturated heterocycles. The second kappa shape index (κ2) is 8.95. The van der Waals surface area contributed by atoms with Crippen LogP contribution in [-0.2, 0) is 23.9 Å². The number of carbonyl (C=O) groups is 4. The maximum atomic E-state index is 17.5. The van der Waals surface area contributed by atoms with Crippen LogP contribution in [0.4, 0.5) is 4.39 Å². The van der Waals surface area contributed by atoms with Crippen LogP contribution in [0.3, 0.4) is 0 Å². The number of hydrogen-bond acceptors (Lipinski definition) is 8. The van der Waals surface area contributed by atoms with E-state index in [0.717, 1.165) is 0 Å². The van der Waals surface area contributed by atoms with E-state index in [1.165, 1.54) is 30.4 Å². The van der Waals surface area contributed by atoms with Crippen molar-refractivity contribution in [2.75, 3.05) is 6.61 Å². The zero-order chi connectivity index (χ0) is 27.7. The molecule has 38 heavy (non-hydrogen) atoms. The number of ketones is 2. The predicted molar refractivity (Wildman–Crippen MR) is 137 cm³/mol. The molecule has 5 rings (SSSR count). The molecule has 5 unspecified atom stereocenters. The van der Waals surface area contributed by atoms with E-state index in [-0.39, 0.29) is 12.2 Å². The lowest BCUT2D eigenvalue weighted by Crippen LogP contribution is -2.70. The molecule has 0 spiro atoms. The molecular weight excluding hydrogens is 511 g/mol. The van der Waals surface area contributed by atoms with E-state index in [1.807, 2.05) is 0 Å². The van der Waals surface area contributed by atoms with Gasteiger partial charge in [0.05, 0.1) is 6.10 Å². The van der Waals surface area contributed by atoms with Crippen LogP contribution < -0.4 is 0 Å². The third kappa shape index (κ3) is 3.47. The van der Waals surface area contributed by atoms with Crippen LogP contribution in [0, 0.1) is 28.6 Å². The lowest BCUT2D eigenvalue weighted by molar-refractivity contribution is -0.220. The maximum Gasteiger partial charge on any atom is 0.349 e. The number of allylic oxidation sites excluding steroid dienone is 4. The number of rotatable bonds is 5. The van der Waals surface area contributed by atoms with Crippen molar-refractivity contribution >= 4 is 34.8 Å². The van der Waals surface area contributed by atoms with Crippen LogP contribution in [0.25, 0.3) is 0 Å². The Hall–Kier alpha value is -2.65. The number of thiophene rings is 1. The van der Waals surface area contributed by atoms with Gasteiger partial charge in [0.1, 0.15) is 4.88 Å². The van der Waals surface area contributed by atoms with Gasteiger partial charge in [-0.25, -0.2) is 9.18 Å². The molecule has 7 nitrogen and oxygen atoms in total. The first-order valence-electron chi connectivity index (χ1n) is 13.1. The van der Waals surface area contributed by atoms with Crippen LogP contribution in [0.1, 0.15) is 63.0 Å². The van der Waals surface area contributed by atoms with Crippen molar-refractivity contribution in [3.05, 3.63) is 46.2 Å². The van der Waals surface area contributed by atoms with Gasteiger partial charge in [-0.2, -0.15) is 0 Å². The predicted octanol–water partition coefficient (Wildman–Crippen LogP) is 4.39. The molecule has 0 amide bonds. The molecule has 204 valence electrons. The Labute approximate surface area is 225 Å². The number of esters is 2. The Morgan fingerprint density at radius 3 is 2.63 bits per heavy atom. The van der Waals surface area contributed by atoms with Gasteiger partial charge in [0.2, 0.25) is 5.78 Å². The maximum absolute atomic E-state index is 17.5. The van der Waals surface area contributed by atoms with Gasteiger partial charge in [-0.05, 0) is 62.1 Å². The SMILES string of the molecule is CC(=O)OCC(=O)[C@@]1(OC(=O)c2cccs2)[C@H](C)CC2C3CCC4=CC(=O)C=CC4(C)[C@@]3(F)C(O)CC21C.